The molecule has 0 aliphatic carbocycles. The topological polar surface area (TPSA) is 105 Å². The molecule has 0 saturated heterocycles. The number of aromatic nitrogens is 1. The predicted octanol–water partition coefficient (Wildman–Crippen LogP) is 0.873. The van der Waals surface area contributed by atoms with E-state index in [2.05, 4.69) is 10.3 Å². The van der Waals surface area contributed by atoms with Crippen molar-refractivity contribution in [1.29, 1.82) is 0 Å². The van der Waals surface area contributed by atoms with E-state index in [9.17, 15) is 9.59 Å². The first-order chi connectivity index (χ1) is 8.90. The van der Waals surface area contributed by atoms with Gasteiger partial charge in [-0.1, -0.05) is 13.8 Å². The molecular formula is C12H19N3O3S. The van der Waals surface area contributed by atoms with Crippen molar-refractivity contribution in [3.63, 3.8) is 0 Å². The van der Waals surface area contributed by atoms with E-state index in [-0.39, 0.29) is 11.6 Å². The minimum absolute atomic E-state index is 0.0443. The normalized spacial score (nSPS) is 12.4. The molecule has 106 valence electrons. The smallest absolute Gasteiger partial charge is 0.355 e. The highest BCUT2D eigenvalue weighted by Crippen LogP contribution is 2.10. The number of aromatic carboxylic acids is 1. The molecular weight excluding hydrogens is 266 g/mol. The van der Waals surface area contributed by atoms with Crippen molar-refractivity contribution in [2.45, 2.75) is 32.7 Å². The molecule has 0 fully saturated rings. The standard InChI is InChI=1S/C12H19N3O3S/c1-7(2)5-8(13)11(16)14-4-3-10-15-9(6-19-10)12(17)18/h6-8H,3-5,13H2,1-2H3,(H,14,16)(H,17,18)/t8-/m1/s1. The van der Waals surface area contributed by atoms with E-state index in [1.807, 2.05) is 13.8 Å². The van der Waals surface area contributed by atoms with Gasteiger partial charge in [0.25, 0.3) is 0 Å². The predicted molar refractivity (Wildman–Crippen MR) is 73.2 cm³/mol. The molecule has 4 N–H and O–H groups in total. The number of nitrogens with one attached hydrogen (secondary N) is 1. The summed E-state index contributed by atoms with van der Waals surface area (Å²) in [5.74, 6) is -0.841. The number of rotatable bonds is 7. The number of nitrogens with zero attached hydrogens (tertiary/aromatic N) is 1. The lowest BCUT2D eigenvalue weighted by molar-refractivity contribution is -0.122. The first-order valence-corrected chi connectivity index (χ1v) is 6.99. The van der Waals surface area contributed by atoms with Crippen LogP contribution in [-0.2, 0) is 11.2 Å². The van der Waals surface area contributed by atoms with Crippen LogP contribution in [0.5, 0.6) is 0 Å². The van der Waals surface area contributed by atoms with Crippen LogP contribution in [0.15, 0.2) is 5.38 Å². The van der Waals surface area contributed by atoms with Gasteiger partial charge < -0.3 is 16.2 Å². The zero-order valence-corrected chi connectivity index (χ0v) is 11.9. The second kappa shape index (κ2) is 7.20. The fraction of sp³-hybridized carbons (Fsp3) is 0.583. The fourth-order valence-corrected chi connectivity index (χ4v) is 2.33. The van der Waals surface area contributed by atoms with Crippen LogP contribution in [0.3, 0.4) is 0 Å². The molecule has 0 radical (unpaired) electrons. The van der Waals surface area contributed by atoms with Crippen molar-refractivity contribution >= 4 is 23.2 Å². The third-order valence-electron chi connectivity index (χ3n) is 2.47. The van der Waals surface area contributed by atoms with E-state index in [0.717, 1.165) is 0 Å². The Bertz CT molecular complexity index is 445. The Labute approximate surface area is 116 Å². The molecule has 0 aliphatic rings. The zero-order valence-electron chi connectivity index (χ0n) is 11.0. The van der Waals surface area contributed by atoms with Gasteiger partial charge in [0.15, 0.2) is 5.69 Å². The van der Waals surface area contributed by atoms with Gasteiger partial charge in [-0.25, -0.2) is 9.78 Å². The molecule has 1 aromatic heterocycles. The average Bonchev–Trinajstić information content (AvgIpc) is 2.76. The van der Waals surface area contributed by atoms with Crippen LogP contribution < -0.4 is 11.1 Å². The maximum absolute atomic E-state index is 11.6. The first-order valence-electron chi connectivity index (χ1n) is 6.11. The number of carboxylic acid groups (broad SMARTS) is 1. The quantitative estimate of drug-likeness (QED) is 0.689. The Morgan fingerprint density at radius 3 is 2.74 bits per heavy atom. The van der Waals surface area contributed by atoms with Crippen LogP contribution in [0.2, 0.25) is 0 Å². The summed E-state index contributed by atoms with van der Waals surface area (Å²) in [4.78, 5) is 26.2. The Balaban J connectivity index is 2.33. The van der Waals surface area contributed by atoms with E-state index in [1.54, 1.807) is 0 Å². The van der Waals surface area contributed by atoms with E-state index in [1.165, 1.54) is 16.7 Å². The lowest BCUT2D eigenvalue weighted by Gasteiger charge is -2.13. The maximum atomic E-state index is 11.6. The summed E-state index contributed by atoms with van der Waals surface area (Å²) in [5.41, 5.74) is 5.78. The molecule has 0 aromatic carbocycles. The van der Waals surface area contributed by atoms with Gasteiger partial charge >= 0.3 is 5.97 Å². The number of carboxylic acids is 1. The second-order valence-corrected chi connectivity index (χ2v) is 5.65. The van der Waals surface area contributed by atoms with Crippen LogP contribution in [0.4, 0.5) is 0 Å². The first kappa shape index (κ1) is 15.6. The highest BCUT2D eigenvalue weighted by atomic mass is 32.1. The van der Waals surface area contributed by atoms with E-state index in [0.29, 0.717) is 30.3 Å². The van der Waals surface area contributed by atoms with Gasteiger partial charge in [0.1, 0.15) is 0 Å². The fourth-order valence-electron chi connectivity index (χ4n) is 1.56. The third-order valence-corrected chi connectivity index (χ3v) is 3.38. The highest BCUT2D eigenvalue weighted by Gasteiger charge is 2.14. The Kier molecular flexibility index (Phi) is 5.91. The van der Waals surface area contributed by atoms with Gasteiger partial charge in [0.05, 0.1) is 11.0 Å². The SMILES string of the molecule is CC(C)C[C@@H](N)C(=O)NCCc1nc(C(=O)O)cs1. The van der Waals surface area contributed by atoms with Gasteiger partial charge in [-0.2, -0.15) is 0 Å². The minimum atomic E-state index is -1.04. The van der Waals surface area contributed by atoms with E-state index >= 15 is 0 Å². The molecule has 0 unspecified atom stereocenters. The molecule has 1 rings (SSSR count). The molecule has 1 amide bonds. The van der Waals surface area contributed by atoms with Crippen molar-refractivity contribution in [3.8, 4) is 0 Å². The monoisotopic (exact) mass is 285 g/mol. The van der Waals surface area contributed by atoms with Gasteiger partial charge in [0.2, 0.25) is 5.91 Å². The lowest BCUT2D eigenvalue weighted by atomic mass is 10.0. The number of thiazole rings is 1. The summed E-state index contributed by atoms with van der Waals surface area (Å²) in [6, 6.07) is -0.495. The third kappa shape index (κ3) is 5.35. The summed E-state index contributed by atoms with van der Waals surface area (Å²) >= 11 is 1.27. The second-order valence-electron chi connectivity index (χ2n) is 4.71. The van der Waals surface area contributed by atoms with Crippen molar-refractivity contribution in [1.82, 2.24) is 10.3 Å². The number of carbonyl (C=O) groups is 2. The molecule has 19 heavy (non-hydrogen) atoms. The highest BCUT2D eigenvalue weighted by molar-refractivity contribution is 7.09. The summed E-state index contributed by atoms with van der Waals surface area (Å²) in [6.45, 7) is 4.43. The Morgan fingerprint density at radius 2 is 2.21 bits per heavy atom. The molecule has 1 aromatic rings. The number of nitrogens with two attached hydrogens (primary N) is 1. The van der Waals surface area contributed by atoms with Crippen LogP contribution in [0, 0.1) is 5.92 Å². The van der Waals surface area contributed by atoms with Crippen molar-refractivity contribution in [2.75, 3.05) is 6.54 Å². The average molecular weight is 285 g/mol. The maximum Gasteiger partial charge on any atom is 0.355 e. The summed E-state index contributed by atoms with van der Waals surface area (Å²) in [5, 5.41) is 13.6. The molecule has 0 spiro atoms. The lowest BCUT2D eigenvalue weighted by Crippen LogP contribution is -2.42. The minimum Gasteiger partial charge on any atom is -0.476 e. The molecule has 1 heterocycles. The number of amides is 1. The largest absolute Gasteiger partial charge is 0.476 e. The summed E-state index contributed by atoms with van der Waals surface area (Å²) in [6.07, 6.45) is 1.16. The van der Waals surface area contributed by atoms with Crippen molar-refractivity contribution in [3.05, 3.63) is 16.1 Å². The van der Waals surface area contributed by atoms with Crippen LogP contribution in [0.1, 0.15) is 35.8 Å². The number of carbonyl (C=O) groups excluding carboxylic acids is 1. The molecule has 0 aliphatic heterocycles. The summed E-state index contributed by atoms with van der Waals surface area (Å²) in [7, 11) is 0. The molecule has 1 atom stereocenters. The van der Waals surface area contributed by atoms with Crippen molar-refractivity contribution in [2.24, 2.45) is 11.7 Å². The van der Waals surface area contributed by atoms with E-state index in [4.69, 9.17) is 10.8 Å². The molecule has 7 heteroatoms. The molecule has 0 bridgehead atoms. The van der Waals surface area contributed by atoms with Gasteiger partial charge in [-0.15, -0.1) is 11.3 Å². The van der Waals surface area contributed by atoms with Crippen LogP contribution in [-0.4, -0.2) is 34.6 Å². The van der Waals surface area contributed by atoms with E-state index < -0.39 is 12.0 Å². The van der Waals surface area contributed by atoms with Crippen LogP contribution >= 0.6 is 11.3 Å². The van der Waals surface area contributed by atoms with Crippen molar-refractivity contribution < 1.29 is 14.7 Å². The molecule has 6 nitrogen and oxygen atoms in total. The number of hydrogen-bond donors (Lipinski definition) is 3. The van der Waals surface area contributed by atoms with Gasteiger partial charge in [0, 0.05) is 18.3 Å². The Hall–Kier alpha value is -1.47. The zero-order chi connectivity index (χ0) is 14.4. The number of hydrogen-bond acceptors (Lipinski definition) is 5. The summed E-state index contributed by atoms with van der Waals surface area (Å²) < 4.78 is 0. The van der Waals surface area contributed by atoms with Crippen LogP contribution in [0.25, 0.3) is 0 Å². The van der Waals surface area contributed by atoms with Gasteiger partial charge in [-0.05, 0) is 12.3 Å². The van der Waals surface area contributed by atoms with Gasteiger partial charge in [-0.3, -0.25) is 4.79 Å². The molecule has 0 saturated carbocycles. The Morgan fingerprint density at radius 1 is 1.53 bits per heavy atom.